The summed E-state index contributed by atoms with van der Waals surface area (Å²) in [4.78, 5) is 22.8. The number of amides is 2. The molecule has 2 rings (SSSR count). The number of carbonyl (C=O) groups excluding carboxylic acids is 2. The Morgan fingerprint density at radius 1 is 1.10 bits per heavy atom. The van der Waals surface area contributed by atoms with Gasteiger partial charge in [0.1, 0.15) is 5.76 Å². The summed E-state index contributed by atoms with van der Waals surface area (Å²) in [5.41, 5.74) is 1.31. The van der Waals surface area contributed by atoms with E-state index in [1.165, 1.54) is 6.92 Å². The van der Waals surface area contributed by atoms with E-state index >= 15 is 0 Å². The molecule has 0 aliphatic carbocycles. The Hall–Kier alpha value is -2.56. The minimum atomic E-state index is -0.147. The van der Waals surface area contributed by atoms with Crippen LogP contribution in [-0.4, -0.2) is 11.8 Å². The van der Waals surface area contributed by atoms with Crippen molar-refractivity contribution in [1.29, 1.82) is 0 Å². The monoisotopic (exact) mass is 272 g/mol. The van der Waals surface area contributed by atoms with Crippen molar-refractivity contribution in [2.75, 3.05) is 10.6 Å². The van der Waals surface area contributed by atoms with E-state index in [2.05, 4.69) is 10.6 Å². The molecule has 0 saturated heterocycles. The molecule has 20 heavy (non-hydrogen) atoms. The number of carbonyl (C=O) groups is 2. The molecule has 2 aromatic rings. The molecule has 0 bridgehead atoms. The lowest BCUT2D eigenvalue weighted by Gasteiger charge is -2.07. The van der Waals surface area contributed by atoms with Crippen LogP contribution in [0.25, 0.3) is 0 Å². The number of hydrogen-bond acceptors (Lipinski definition) is 3. The highest BCUT2D eigenvalue weighted by Gasteiger charge is 2.05. The second kappa shape index (κ2) is 6.56. The largest absolute Gasteiger partial charge is 0.469 e. The Bertz CT molecular complexity index is 591. The van der Waals surface area contributed by atoms with E-state index in [0.717, 1.165) is 5.76 Å². The van der Waals surface area contributed by atoms with Crippen LogP contribution in [0.15, 0.2) is 47.1 Å². The minimum Gasteiger partial charge on any atom is -0.469 e. The van der Waals surface area contributed by atoms with Gasteiger partial charge in [-0.15, -0.1) is 0 Å². The summed E-state index contributed by atoms with van der Waals surface area (Å²) in [6.07, 6.45) is 2.49. The number of nitrogens with one attached hydrogen (secondary N) is 2. The molecule has 0 radical (unpaired) electrons. The predicted molar refractivity (Wildman–Crippen MR) is 76.4 cm³/mol. The number of rotatable bonds is 5. The van der Waals surface area contributed by atoms with Gasteiger partial charge in [-0.25, -0.2) is 0 Å². The fraction of sp³-hybridized carbons (Fsp3) is 0.200. The van der Waals surface area contributed by atoms with E-state index < -0.39 is 0 Å². The fourth-order valence-electron chi connectivity index (χ4n) is 1.79. The fourth-order valence-corrected chi connectivity index (χ4v) is 1.79. The van der Waals surface area contributed by atoms with Crippen molar-refractivity contribution in [2.24, 2.45) is 0 Å². The van der Waals surface area contributed by atoms with Crippen molar-refractivity contribution in [3.63, 3.8) is 0 Å². The molecule has 1 aromatic heterocycles. The summed E-state index contributed by atoms with van der Waals surface area (Å²) in [6.45, 7) is 1.44. The molecule has 0 aliphatic rings. The maximum atomic E-state index is 11.8. The first-order valence-electron chi connectivity index (χ1n) is 6.33. The summed E-state index contributed by atoms with van der Waals surface area (Å²) in [5, 5.41) is 5.45. The van der Waals surface area contributed by atoms with Crippen LogP contribution in [0.4, 0.5) is 11.4 Å². The van der Waals surface area contributed by atoms with Crippen LogP contribution in [0.5, 0.6) is 0 Å². The summed E-state index contributed by atoms with van der Waals surface area (Å²) < 4.78 is 5.17. The zero-order valence-corrected chi connectivity index (χ0v) is 11.2. The van der Waals surface area contributed by atoms with E-state index in [0.29, 0.717) is 24.2 Å². The number of furan rings is 1. The van der Waals surface area contributed by atoms with Crippen LogP contribution >= 0.6 is 0 Å². The number of anilines is 2. The molecular formula is C15H16N2O3. The summed E-state index contributed by atoms with van der Waals surface area (Å²) in [7, 11) is 0. The summed E-state index contributed by atoms with van der Waals surface area (Å²) >= 11 is 0. The van der Waals surface area contributed by atoms with Crippen molar-refractivity contribution in [1.82, 2.24) is 0 Å². The Balaban J connectivity index is 1.88. The maximum Gasteiger partial charge on any atom is 0.224 e. The lowest BCUT2D eigenvalue weighted by molar-refractivity contribution is -0.116. The third kappa shape index (κ3) is 4.28. The average molecular weight is 272 g/mol. The van der Waals surface area contributed by atoms with E-state index in [1.54, 1.807) is 36.6 Å². The SMILES string of the molecule is CC(=O)Nc1cccc(NC(=O)CCc2ccco2)c1. The molecule has 1 aromatic carbocycles. The third-order valence-electron chi connectivity index (χ3n) is 2.65. The molecule has 2 N–H and O–H groups in total. The zero-order chi connectivity index (χ0) is 14.4. The molecule has 5 nitrogen and oxygen atoms in total. The molecule has 1 heterocycles. The molecule has 0 unspecified atom stereocenters. The predicted octanol–water partition coefficient (Wildman–Crippen LogP) is 2.81. The second-order valence-electron chi connectivity index (χ2n) is 4.39. The van der Waals surface area contributed by atoms with Gasteiger partial charge in [0.15, 0.2) is 0 Å². The van der Waals surface area contributed by atoms with Gasteiger partial charge in [0, 0.05) is 31.1 Å². The first kappa shape index (κ1) is 13.9. The first-order valence-corrected chi connectivity index (χ1v) is 6.33. The van der Waals surface area contributed by atoms with Crippen LogP contribution < -0.4 is 10.6 Å². The average Bonchev–Trinajstić information content (AvgIpc) is 2.89. The highest BCUT2D eigenvalue weighted by Crippen LogP contribution is 2.15. The van der Waals surface area contributed by atoms with Crippen molar-refractivity contribution in [2.45, 2.75) is 19.8 Å². The lowest BCUT2D eigenvalue weighted by atomic mass is 10.2. The van der Waals surface area contributed by atoms with E-state index in [1.807, 2.05) is 6.07 Å². The van der Waals surface area contributed by atoms with Crippen molar-refractivity contribution < 1.29 is 14.0 Å². The van der Waals surface area contributed by atoms with Crippen molar-refractivity contribution in [3.05, 3.63) is 48.4 Å². The lowest BCUT2D eigenvalue weighted by Crippen LogP contribution is -2.12. The number of benzene rings is 1. The molecule has 0 spiro atoms. The van der Waals surface area contributed by atoms with E-state index in [4.69, 9.17) is 4.42 Å². The van der Waals surface area contributed by atoms with Gasteiger partial charge in [-0.2, -0.15) is 0 Å². The Kier molecular flexibility index (Phi) is 4.55. The van der Waals surface area contributed by atoms with Gasteiger partial charge in [0.05, 0.1) is 6.26 Å². The quantitative estimate of drug-likeness (QED) is 0.879. The minimum absolute atomic E-state index is 0.0959. The number of hydrogen-bond donors (Lipinski definition) is 2. The van der Waals surface area contributed by atoms with Crippen molar-refractivity contribution >= 4 is 23.2 Å². The number of aryl methyl sites for hydroxylation is 1. The Morgan fingerprint density at radius 2 is 1.85 bits per heavy atom. The highest BCUT2D eigenvalue weighted by atomic mass is 16.3. The topological polar surface area (TPSA) is 71.3 Å². The molecule has 5 heteroatoms. The second-order valence-corrected chi connectivity index (χ2v) is 4.39. The van der Waals surface area contributed by atoms with Crippen LogP contribution in [0.1, 0.15) is 19.1 Å². The van der Waals surface area contributed by atoms with Gasteiger partial charge in [-0.1, -0.05) is 6.07 Å². The summed E-state index contributed by atoms with van der Waals surface area (Å²) in [5.74, 6) is 0.541. The van der Waals surface area contributed by atoms with Gasteiger partial charge >= 0.3 is 0 Å². The van der Waals surface area contributed by atoms with Gasteiger partial charge < -0.3 is 15.1 Å². The standard InChI is InChI=1S/C15H16N2O3/c1-11(18)16-12-4-2-5-13(10-12)17-15(19)8-7-14-6-3-9-20-14/h2-6,9-10H,7-8H2,1H3,(H,16,18)(H,17,19). The van der Waals surface area contributed by atoms with E-state index in [-0.39, 0.29) is 11.8 Å². The van der Waals surface area contributed by atoms with Gasteiger partial charge in [0.25, 0.3) is 0 Å². The Morgan fingerprint density at radius 3 is 2.50 bits per heavy atom. The van der Waals surface area contributed by atoms with Gasteiger partial charge in [-0.3, -0.25) is 9.59 Å². The third-order valence-corrected chi connectivity index (χ3v) is 2.65. The summed E-state index contributed by atoms with van der Waals surface area (Å²) in [6, 6.07) is 10.7. The molecular weight excluding hydrogens is 256 g/mol. The molecule has 2 amide bonds. The molecule has 0 fully saturated rings. The first-order chi connectivity index (χ1) is 9.63. The van der Waals surface area contributed by atoms with Gasteiger partial charge in [-0.05, 0) is 30.3 Å². The smallest absolute Gasteiger partial charge is 0.224 e. The molecule has 0 saturated carbocycles. The van der Waals surface area contributed by atoms with Crippen LogP contribution in [0, 0.1) is 0 Å². The molecule has 0 atom stereocenters. The van der Waals surface area contributed by atoms with Crippen LogP contribution in [0.3, 0.4) is 0 Å². The Labute approximate surface area is 117 Å². The van der Waals surface area contributed by atoms with Crippen molar-refractivity contribution in [3.8, 4) is 0 Å². The highest BCUT2D eigenvalue weighted by molar-refractivity contribution is 5.93. The van der Waals surface area contributed by atoms with Crippen LogP contribution in [-0.2, 0) is 16.0 Å². The molecule has 0 aliphatic heterocycles. The normalized spacial score (nSPS) is 10.1. The zero-order valence-electron chi connectivity index (χ0n) is 11.2. The van der Waals surface area contributed by atoms with Gasteiger partial charge in [0.2, 0.25) is 11.8 Å². The maximum absolute atomic E-state index is 11.8. The van der Waals surface area contributed by atoms with E-state index in [9.17, 15) is 9.59 Å². The molecule has 104 valence electrons. The van der Waals surface area contributed by atoms with Crippen LogP contribution in [0.2, 0.25) is 0 Å².